The van der Waals surface area contributed by atoms with Gasteiger partial charge in [-0.3, -0.25) is 0 Å². The summed E-state index contributed by atoms with van der Waals surface area (Å²) in [6.45, 7) is 1.84. The third-order valence-corrected chi connectivity index (χ3v) is 4.24. The minimum atomic E-state index is -1.11. The Kier molecular flexibility index (Phi) is 3.83. The molecular formula is C18H19FN2O2. The van der Waals surface area contributed by atoms with Crippen molar-refractivity contribution in [1.82, 2.24) is 4.57 Å². The molecule has 0 aliphatic carbocycles. The first kappa shape index (κ1) is 15.5. The molecular weight excluding hydrogens is 295 g/mol. The number of benzene rings is 2. The smallest absolute Gasteiger partial charge is 0.143 e. The van der Waals surface area contributed by atoms with Crippen molar-refractivity contribution in [3.05, 3.63) is 53.5 Å². The quantitative estimate of drug-likeness (QED) is 0.730. The molecule has 3 N–H and O–H groups in total. The van der Waals surface area contributed by atoms with E-state index in [0.717, 1.165) is 33.3 Å². The minimum Gasteiger partial charge on any atom is -0.497 e. The molecule has 1 unspecified atom stereocenters. The van der Waals surface area contributed by atoms with Gasteiger partial charge in [-0.2, -0.15) is 0 Å². The first-order valence-electron chi connectivity index (χ1n) is 7.30. The lowest BCUT2D eigenvalue weighted by Crippen LogP contribution is -2.14. The van der Waals surface area contributed by atoms with Crippen molar-refractivity contribution < 1.29 is 14.2 Å². The molecule has 0 aliphatic rings. The van der Waals surface area contributed by atoms with Crippen LogP contribution in [0.15, 0.2) is 36.4 Å². The zero-order valence-electron chi connectivity index (χ0n) is 13.3. The average molecular weight is 314 g/mol. The van der Waals surface area contributed by atoms with Crippen molar-refractivity contribution in [3.8, 4) is 16.9 Å². The van der Waals surface area contributed by atoms with E-state index in [1.54, 1.807) is 7.11 Å². The van der Waals surface area contributed by atoms with Crippen molar-refractivity contribution in [2.24, 2.45) is 12.8 Å². The Morgan fingerprint density at radius 1 is 1.22 bits per heavy atom. The highest BCUT2D eigenvalue weighted by molar-refractivity contribution is 5.97. The fourth-order valence-corrected chi connectivity index (χ4v) is 3.17. The summed E-state index contributed by atoms with van der Waals surface area (Å²) in [6, 6.07) is 10.4. The van der Waals surface area contributed by atoms with E-state index < -0.39 is 6.23 Å². The van der Waals surface area contributed by atoms with Crippen LogP contribution in [0.2, 0.25) is 0 Å². The molecule has 3 aromatic rings. The maximum absolute atomic E-state index is 14.1. The third-order valence-electron chi connectivity index (χ3n) is 4.24. The second-order valence-corrected chi connectivity index (χ2v) is 5.59. The van der Waals surface area contributed by atoms with Crippen molar-refractivity contribution in [1.29, 1.82) is 0 Å². The van der Waals surface area contributed by atoms with E-state index in [1.807, 2.05) is 42.8 Å². The van der Waals surface area contributed by atoms with E-state index in [1.165, 1.54) is 12.1 Å². The van der Waals surface area contributed by atoms with E-state index in [4.69, 9.17) is 10.5 Å². The highest BCUT2D eigenvalue weighted by Gasteiger charge is 2.20. The lowest BCUT2D eigenvalue weighted by Gasteiger charge is -2.11. The van der Waals surface area contributed by atoms with Crippen LogP contribution in [0.3, 0.4) is 0 Å². The van der Waals surface area contributed by atoms with Crippen molar-refractivity contribution in [2.45, 2.75) is 13.2 Å². The number of aliphatic hydroxyl groups is 1. The third kappa shape index (κ3) is 2.48. The molecule has 2 aromatic carbocycles. The molecule has 0 amide bonds. The normalized spacial score (nSPS) is 12.6. The van der Waals surface area contributed by atoms with Crippen LogP contribution < -0.4 is 10.5 Å². The van der Waals surface area contributed by atoms with Crippen LogP contribution >= 0.6 is 0 Å². The topological polar surface area (TPSA) is 60.4 Å². The molecule has 1 heterocycles. The number of hydrogen-bond donors (Lipinski definition) is 2. The Labute approximate surface area is 133 Å². The summed E-state index contributed by atoms with van der Waals surface area (Å²) in [4.78, 5) is 0. The highest BCUT2D eigenvalue weighted by atomic mass is 19.1. The zero-order valence-corrected chi connectivity index (χ0v) is 13.3. The first-order chi connectivity index (χ1) is 10.9. The molecule has 5 heteroatoms. The van der Waals surface area contributed by atoms with Crippen LogP contribution in [0.25, 0.3) is 22.0 Å². The van der Waals surface area contributed by atoms with E-state index in [9.17, 15) is 9.50 Å². The molecule has 0 saturated carbocycles. The fourth-order valence-electron chi connectivity index (χ4n) is 3.17. The molecule has 23 heavy (non-hydrogen) atoms. The number of halogens is 1. The average Bonchev–Trinajstić information content (AvgIpc) is 2.78. The molecule has 1 atom stereocenters. The molecule has 4 nitrogen and oxygen atoms in total. The molecule has 0 saturated heterocycles. The molecule has 0 bridgehead atoms. The zero-order chi connectivity index (χ0) is 16.7. The summed E-state index contributed by atoms with van der Waals surface area (Å²) in [5.74, 6) is 0.414. The van der Waals surface area contributed by atoms with Gasteiger partial charge in [0.1, 0.15) is 17.8 Å². The molecule has 1 aromatic heterocycles. The summed E-state index contributed by atoms with van der Waals surface area (Å²) in [5.41, 5.74) is 9.50. The van der Waals surface area contributed by atoms with Gasteiger partial charge in [0.15, 0.2) is 0 Å². The Morgan fingerprint density at radius 2 is 1.87 bits per heavy atom. The summed E-state index contributed by atoms with van der Waals surface area (Å²) < 4.78 is 21.1. The van der Waals surface area contributed by atoms with Crippen LogP contribution in [0.5, 0.6) is 5.75 Å². The van der Waals surface area contributed by atoms with Gasteiger partial charge < -0.3 is 20.1 Å². The molecule has 120 valence electrons. The van der Waals surface area contributed by atoms with Gasteiger partial charge in [0.25, 0.3) is 0 Å². The lowest BCUT2D eigenvalue weighted by atomic mass is 10.0. The highest BCUT2D eigenvalue weighted by Crippen LogP contribution is 2.36. The Balaban J connectivity index is 2.33. The molecule has 0 fully saturated rings. The molecule has 0 spiro atoms. The van der Waals surface area contributed by atoms with Gasteiger partial charge in [0.05, 0.1) is 18.3 Å². The standard InChI is InChI=1S/C18H19FN2O2/c1-10-14-8-12(19)9-15(11-4-6-13(23-3)7-5-11)17(14)21(2)16(10)18(20)22/h4-9,18,22H,20H2,1-3H3. The maximum atomic E-state index is 14.1. The van der Waals surface area contributed by atoms with E-state index >= 15 is 0 Å². The van der Waals surface area contributed by atoms with Crippen LogP contribution in [-0.2, 0) is 7.05 Å². The summed E-state index contributed by atoms with van der Waals surface area (Å²) in [6.07, 6.45) is -1.11. The van der Waals surface area contributed by atoms with E-state index in [2.05, 4.69) is 0 Å². The van der Waals surface area contributed by atoms with Crippen LogP contribution in [0.1, 0.15) is 17.5 Å². The van der Waals surface area contributed by atoms with Crippen LogP contribution in [0.4, 0.5) is 4.39 Å². The van der Waals surface area contributed by atoms with E-state index in [-0.39, 0.29) is 5.82 Å². The molecule has 0 aliphatic heterocycles. The van der Waals surface area contributed by atoms with Gasteiger partial charge in [-0.25, -0.2) is 4.39 Å². The van der Waals surface area contributed by atoms with Gasteiger partial charge in [-0.05, 0) is 42.3 Å². The number of fused-ring (bicyclic) bond motifs is 1. The van der Waals surface area contributed by atoms with Crippen molar-refractivity contribution >= 4 is 10.9 Å². The number of methoxy groups -OCH3 is 1. The minimum absolute atomic E-state index is 0.324. The number of hydrogen-bond acceptors (Lipinski definition) is 3. The largest absolute Gasteiger partial charge is 0.497 e. The Morgan fingerprint density at radius 3 is 2.43 bits per heavy atom. The number of rotatable bonds is 3. The monoisotopic (exact) mass is 314 g/mol. The molecule has 0 radical (unpaired) electrons. The second-order valence-electron chi connectivity index (χ2n) is 5.59. The van der Waals surface area contributed by atoms with Gasteiger partial charge in [-0.15, -0.1) is 0 Å². The maximum Gasteiger partial charge on any atom is 0.143 e. The number of nitrogens with two attached hydrogens (primary N) is 1. The van der Waals surface area contributed by atoms with Gasteiger partial charge in [-0.1, -0.05) is 12.1 Å². The van der Waals surface area contributed by atoms with Crippen LogP contribution in [-0.4, -0.2) is 16.8 Å². The van der Waals surface area contributed by atoms with Crippen molar-refractivity contribution in [2.75, 3.05) is 7.11 Å². The van der Waals surface area contributed by atoms with Gasteiger partial charge in [0, 0.05) is 18.0 Å². The van der Waals surface area contributed by atoms with Gasteiger partial charge >= 0.3 is 0 Å². The first-order valence-corrected chi connectivity index (χ1v) is 7.30. The van der Waals surface area contributed by atoms with Crippen LogP contribution in [0, 0.1) is 12.7 Å². The number of ether oxygens (including phenoxy) is 1. The number of aliphatic hydroxyl groups excluding tert-OH is 1. The SMILES string of the molecule is COc1ccc(-c2cc(F)cc3c(C)c(C(N)O)n(C)c23)cc1. The predicted molar refractivity (Wildman–Crippen MR) is 88.7 cm³/mol. The van der Waals surface area contributed by atoms with E-state index in [0.29, 0.717) is 5.69 Å². The number of aromatic nitrogens is 1. The summed E-state index contributed by atoms with van der Waals surface area (Å²) in [7, 11) is 3.43. The lowest BCUT2D eigenvalue weighted by molar-refractivity contribution is 0.177. The number of aryl methyl sites for hydroxylation is 2. The Hall–Kier alpha value is -2.37. The predicted octanol–water partition coefficient (Wildman–Crippen LogP) is 3.25. The molecule has 3 rings (SSSR count). The van der Waals surface area contributed by atoms with Crippen molar-refractivity contribution in [3.63, 3.8) is 0 Å². The van der Waals surface area contributed by atoms with Gasteiger partial charge in [0.2, 0.25) is 0 Å². The summed E-state index contributed by atoms with van der Waals surface area (Å²) >= 11 is 0. The fraction of sp³-hybridized carbons (Fsp3) is 0.222. The summed E-state index contributed by atoms with van der Waals surface area (Å²) in [5, 5.41) is 10.6. The second kappa shape index (κ2) is 5.68. The Bertz CT molecular complexity index is 867. The number of nitrogens with zero attached hydrogens (tertiary/aromatic N) is 1.